The van der Waals surface area contributed by atoms with Crippen LogP contribution in [0.4, 0.5) is 0 Å². The van der Waals surface area contributed by atoms with E-state index in [0.717, 1.165) is 38.7 Å². The van der Waals surface area contributed by atoms with Crippen LogP contribution in [0.2, 0.25) is 0 Å². The van der Waals surface area contributed by atoms with Crippen molar-refractivity contribution in [3.63, 3.8) is 0 Å². The Labute approximate surface area is 156 Å². The molecule has 3 aromatic carbocycles. The number of para-hydroxylation sites is 1. The minimum absolute atomic E-state index is 0.0252. The highest BCUT2D eigenvalue weighted by molar-refractivity contribution is 6.11. The first-order valence-corrected chi connectivity index (χ1v) is 9.04. The van der Waals surface area contributed by atoms with Crippen molar-refractivity contribution in [3.05, 3.63) is 88.1 Å². The van der Waals surface area contributed by atoms with Gasteiger partial charge >= 0.3 is 0 Å². The molecule has 1 N–H and O–H groups in total. The zero-order valence-electron chi connectivity index (χ0n) is 15.2. The Kier molecular flexibility index (Phi) is 3.37. The number of pyridine rings is 2. The Morgan fingerprint density at radius 3 is 2.48 bits per heavy atom. The number of nitrogens with one attached hydrogen (secondary N) is 1. The molecule has 0 aliphatic rings. The first-order chi connectivity index (χ1) is 13.1. The Balaban J connectivity index is 2.10. The Morgan fingerprint density at radius 1 is 0.852 bits per heavy atom. The predicted octanol–water partition coefficient (Wildman–Crippen LogP) is 5.51. The normalized spacial score (nSPS) is 11.5. The van der Waals surface area contributed by atoms with Gasteiger partial charge in [-0.2, -0.15) is 0 Å². The molecule has 0 radical (unpaired) electrons. The lowest BCUT2D eigenvalue weighted by Crippen LogP contribution is -2.08. The lowest BCUT2D eigenvalue weighted by Gasteiger charge is -2.13. The second kappa shape index (κ2) is 5.78. The molecule has 130 valence electrons. The van der Waals surface area contributed by atoms with Crippen molar-refractivity contribution >= 4 is 32.8 Å². The number of aryl methyl sites for hydroxylation is 2. The van der Waals surface area contributed by atoms with E-state index >= 15 is 0 Å². The van der Waals surface area contributed by atoms with Crippen molar-refractivity contribution in [2.24, 2.45) is 0 Å². The third-order valence-corrected chi connectivity index (χ3v) is 5.19. The van der Waals surface area contributed by atoms with Gasteiger partial charge in [0.15, 0.2) is 5.43 Å². The molecular formula is C24H18N2O. The average molecular weight is 350 g/mol. The van der Waals surface area contributed by atoms with E-state index in [1.54, 1.807) is 0 Å². The molecule has 3 nitrogen and oxygen atoms in total. The molecule has 27 heavy (non-hydrogen) atoms. The van der Waals surface area contributed by atoms with E-state index in [4.69, 9.17) is 4.98 Å². The van der Waals surface area contributed by atoms with Crippen LogP contribution in [0, 0.1) is 13.8 Å². The summed E-state index contributed by atoms with van der Waals surface area (Å²) in [5, 5.41) is 2.36. The number of aromatic nitrogens is 2. The van der Waals surface area contributed by atoms with Crippen molar-refractivity contribution in [2.45, 2.75) is 13.8 Å². The zero-order valence-corrected chi connectivity index (χ0v) is 15.2. The molecule has 5 rings (SSSR count). The fourth-order valence-electron chi connectivity index (χ4n) is 3.87. The van der Waals surface area contributed by atoms with Gasteiger partial charge in [0.1, 0.15) is 5.65 Å². The number of rotatable bonds is 1. The van der Waals surface area contributed by atoms with Gasteiger partial charge in [0.25, 0.3) is 0 Å². The molecule has 0 bridgehead atoms. The molecule has 0 unspecified atom stereocenters. The van der Waals surface area contributed by atoms with Crippen LogP contribution >= 0.6 is 0 Å². The molecular weight excluding hydrogens is 332 g/mol. The van der Waals surface area contributed by atoms with Gasteiger partial charge in [0.05, 0.1) is 16.4 Å². The summed E-state index contributed by atoms with van der Waals surface area (Å²) < 4.78 is 0. The van der Waals surface area contributed by atoms with Gasteiger partial charge in [-0.05, 0) is 43.2 Å². The molecule has 0 aliphatic carbocycles. The van der Waals surface area contributed by atoms with Crippen LogP contribution < -0.4 is 5.43 Å². The van der Waals surface area contributed by atoms with E-state index < -0.39 is 0 Å². The minimum atomic E-state index is 0.0252. The van der Waals surface area contributed by atoms with Gasteiger partial charge in [0.2, 0.25) is 0 Å². The van der Waals surface area contributed by atoms with Crippen LogP contribution in [0.5, 0.6) is 0 Å². The molecule has 5 aromatic rings. The van der Waals surface area contributed by atoms with Crippen molar-refractivity contribution in [1.82, 2.24) is 9.97 Å². The first kappa shape index (κ1) is 15.8. The molecule has 2 aromatic heterocycles. The summed E-state index contributed by atoms with van der Waals surface area (Å²) in [6.45, 7) is 4.07. The first-order valence-electron chi connectivity index (χ1n) is 9.04. The number of hydrogen-bond donors (Lipinski definition) is 1. The molecule has 0 amide bonds. The van der Waals surface area contributed by atoms with Crippen molar-refractivity contribution < 1.29 is 0 Å². The van der Waals surface area contributed by atoms with Crippen LogP contribution in [0.1, 0.15) is 11.1 Å². The molecule has 2 heterocycles. The van der Waals surface area contributed by atoms with E-state index in [2.05, 4.69) is 36.2 Å². The standard InChI is InChI=1S/C24H18N2O/c1-14-11-12-19-18(13-14)20(16-8-4-3-5-9-16)21-23(27)17-10-6-7-15(2)22(17)26-24(21)25-19/h3-13H,1-2H3,(H,25,26,27). The molecule has 0 aliphatic heterocycles. The third-order valence-electron chi connectivity index (χ3n) is 5.19. The Hall–Kier alpha value is -3.46. The smallest absolute Gasteiger partial charge is 0.199 e. The van der Waals surface area contributed by atoms with E-state index in [9.17, 15) is 4.79 Å². The summed E-state index contributed by atoms with van der Waals surface area (Å²) in [7, 11) is 0. The number of H-pyrrole nitrogens is 1. The second-order valence-corrected chi connectivity index (χ2v) is 7.05. The summed E-state index contributed by atoms with van der Waals surface area (Å²) >= 11 is 0. The fourth-order valence-corrected chi connectivity index (χ4v) is 3.87. The van der Waals surface area contributed by atoms with E-state index in [1.165, 1.54) is 0 Å². The molecule has 0 saturated heterocycles. The van der Waals surface area contributed by atoms with E-state index in [-0.39, 0.29) is 5.43 Å². The lowest BCUT2D eigenvalue weighted by molar-refractivity contribution is 1.34. The van der Waals surface area contributed by atoms with Crippen molar-refractivity contribution in [2.75, 3.05) is 0 Å². The molecule has 0 atom stereocenters. The van der Waals surface area contributed by atoms with Crippen LogP contribution in [-0.4, -0.2) is 9.97 Å². The van der Waals surface area contributed by atoms with Gasteiger partial charge in [0, 0.05) is 16.3 Å². The summed E-state index contributed by atoms with van der Waals surface area (Å²) in [5.41, 5.74) is 6.56. The van der Waals surface area contributed by atoms with Crippen molar-refractivity contribution in [1.29, 1.82) is 0 Å². The van der Waals surface area contributed by atoms with Crippen LogP contribution in [0.15, 0.2) is 71.5 Å². The van der Waals surface area contributed by atoms with Gasteiger partial charge in [-0.3, -0.25) is 4.79 Å². The highest BCUT2D eigenvalue weighted by atomic mass is 16.1. The monoisotopic (exact) mass is 350 g/mol. The quantitative estimate of drug-likeness (QED) is 0.405. The SMILES string of the molecule is Cc1ccc2nc3[nH]c4c(C)cccc4c(=O)c3c(-c3ccccc3)c2c1. The molecule has 0 saturated carbocycles. The Bertz CT molecular complexity index is 1400. The van der Waals surface area contributed by atoms with Gasteiger partial charge in [-0.25, -0.2) is 4.98 Å². The molecule has 0 spiro atoms. The largest absolute Gasteiger partial charge is 0.339 e. The highest BCUT2D eigenvalue weighted by Gasteiger charge is 2.17. The third kappa shape index (κ3) is 2.36. The topological polar surface area (TPSA) is 45.8 Å². The van der Waals surface area contributed by atoms with Crippen LogP contribution in [-0.2, 0) is 0 Å². The zero-order chi connectivity index (χ0) is 18.5. The Morgan fingerprint density at radius 2 is 1.67 bits per heavy atom. The summed E-state index contributed by atoms with van der Waals surface area (Å²) in [5.74, 6) is 0. The maximum absolute atomic E-state index is 13.5. The fraction of sp³-hybridized carbons (Fsp3) is 0.0833. The van der Waals surface area contributed by atoms with E-state index in [0.29, 0.717) is 16.4 Å². The molecule has 3 heteroatoms. The van der Waals surface area contributed by atoms with Crippen LogP contribution in [0.25, 0.3) is 44.0 Å². The number of benzene rings is 3. The van der Waals surface area contributed by atoms with Crippen molar-refractivity contribution in [3.8, 4) is 11.1 Å². The number of hydrogen-bond acceptors (Lipinski definition) is 2. The lowest BCUT2D eigenvalue weighted by atomic mass is 9.95. The number of nitrogens with zero attached hydrogens (tertiary/aromatic N) is 1. The number of fused-ring (bicyclic) bond motifs is 3. The van der Waals surface area contributed by atoms with Gasteiger partial charge in [-0.1, -0.05) is 54.1 Å². The predicted molar refractivity (Wildman–Crippen MR) is 112 cm³/mol. The van der Waals surface area contributed by atoms with Gasteiger partial charge < -0.3 is 4.98 Å². The summed E-state index contributed by atoms with van der Waals surface area (Å²) in [6, 6.07) is 22.1. The summed E-state index contributed by atoms with van der Waals surface area (Å²) in [4.78, 5) is 21.7. The maximum atomic E-state index is 13.5. The highest BCUT2D eigenvalue weighted by Crippen LogP contribution is 2.34. The van der Waals surface area contributed by atoms with Gasteiger partial charge in [-0.15, -0.1) is 0 Å². The summed E-state index contributed by atoms with van der Waals surface area (Å²) in [6.07, 6.45) is 0. The minimum Gasteiger partial charge on any atom is -0.339 e. The average Bonchev–Trinajstić information content (AvgIpc) is 2.68. The second-order valence-electron chi connectivity index (χ2n) is 7.05. The maximum Gasteiger partial charge on any atom is 0.199 e. The van der Waals surface area contributed by atoms with E-state index in [1.807, 2.05) is 49.4 Å². The van der Waals surface area contributed by atoms with Crippen LogP contribution in [0.3, 0.4) is 0 Å². The number of aromatic amines is 1. The molecule has 0 fully saturated rings.